The van der Waals surface area contributed by atoms with E-state index >= 15 is 0 Å². The Bertz CT molecular complexity index is 794. The van der Waals surface area contributed by atoms with E-state index in [1.54, 1.807) is 5.32 Å². The molecule has 0 atom stereocenters. The van der Waals surface area contributed by atoms with Gasteiger partial charge in [0.25, 0.3) is 5.82 Å². The zero-order valence-electron chi connectivity index (χ0n) is 12.3. The van der Waals surface area contributed by atoms with Crippen molar-refractivity contribution in [3.63, 3.8) is 0 Å². The second kappa shape index (κ2) is 6.49. The number of anilines is 1. The molecule has 2 aromatic heterocycles. The van der Waals surface area contributed by atoms with Crippen LogP contribution in [0.4, 0.5) is 40.9 Å². The fraction of sp³-hybridized carbons (Fsp3) is 0.333. The first-order chi connectivity index (χ1) is 11.8. The van der Waals surface area contributed by atoms with Crippen LogP contribution in [0, 0.1) is 5.41 Å². The van der Waals surface area contributed by atoms with E-state index in [4.69, 9.17) is 5.41 Å². The van der Waals surface area contributed by atoms with Crippen LogP contribution in [0.5, 0.6) is 0 Å². The van der Waals surface area contributed by atoms with Gasteiger partial charge in [-0.1, -0.05) is 0 Å². The predicted molar refractivity (Wildman–Crippen MR) is 71.0 cm³/mol. The minimum Gasteiger partial charge on any atom is -0.363 e. The van der Waals surface area contributed by atoms with Crippen molar-refractivity contribution in [3.05, 3.63) is 35.5 Å². The molecule has 0 aromatic carbocycles. The smallest absolute Gasteiger partial charge is 0.363 e. The van der Waals surface area contributed by atoms with Gasteiger partial charge in [-0.15, -0.1) is 5.10 Å². The number of hydrogen-bond acceptors (Lipinski definition) is 5. The van der Waals surface area contributed by atoms with E-state index in [0.29, 0.717) is 0 Å². The maximum atomic E-state index is 13.0. The van der Waals surface area contributed by atoms with Crippen molar-refractivity contribution in [3.8, 4) is 0 Å². The van der Waals surface area contributed by atoms with E-state index in [0.717, 1.165) is 12.3 Å². The summed E-state index contributed by atoms with van der Waals surface area (Å²) in [5, 5.41) is 14.3. The zero-order valence-corrected chi connectivity index (χ0v) is 12.3. The molecule has 6 nitrogen and oxygen atoms in total. The van der Waals surface area contributed by atoms with Crippen LogP contribution < -0.4 is 5.32 Å². The molecule has 2 rings (SSSR count). The molecule has 3 N–H and O–H groups in total. The van der Waals surface area contributed by atoms with Crippen molar-refractivity contribution in [2.24, 2.45) is 0 Å². The van der Waals surface area contributed by atoms with Crippen LogP contribution >= 0.6 is 0 Å². The maximum absolute atomic E-state index is 13.0. The van der Waals surface area contributed by atoms with Crippen LogP contribution in [0.15, 0.2) is 18.3 Å². The second-order valence-corrected chi connectivity index (χ2v) is 4.84. The molecule has 0 aliphatic carbocycles. The number of alkyl halides is 8. The lowest BCUT2D eigenvalue weighted by atomic mass is 10.1. The number of pyridine rings is 1. The van der Waals surface area contributed by atoms with Gasteiger partial charge in [0, 0.05) is 11.8 Å². The summed E-state index contributed by atoms with van der Waals surface area (Å²) >= 11 is 0. The summed E-state index contributed by atoms with van der Waals surface area (Å²) in [6.45, 7) is -1.88. The Kier molecular flexibility index (Phi) is 4.88. The van der Waals surface area contributed by atoms with Gasteiger partial charge in [0.05, 0.1) is 6.54 Å². The molecule has 0 radical (unpaired) electrons. The number of H-pyrrole nitrogens is 1. The van der Waals surface area contributed by atoms with Crippen molar-refractivity contribution in [2.75, 3.05) is 11.9 Å². The average Bonchev–Trinajstić information content (AvgIpc) is 3.01. The van der Waals surface area contributed by atoms with Gasteiger partial charge in [0.2, 0.25) is 0 Å². The number of aromatic nitrogens is 4. The Morgan fingerprint density at radius 3 is 2.31 bits per heavy atom. The standard InChI is InChI=1S/C12H8F8N6/c13-10(14,12(18,19)20)4-23-7-5(2-1-3-22-7)6(21)8-24-9(26-25-8)11(15,16)17/h1-3,21H,4H2,(H,22,23)(H,24,25,26). The van der Waals surface area contributed by atoms with E-state index in [1.807, 2.05) is 5.10 Å². The fourth-order valence-electron chi connectivity index (χ4n) is 1.67. The van der Waals surface area contributed by atoms with Gasteiger partial charge >= 0.3 is 18.3 Å². The quantitative estimate of drug-likeness (QED) is 0.542. The van der Waals surface area contributed by atoms with Crippen molar-refractivity contribution in [1.29, 1.82) is 5.41 Å². The number of aromatic amines is 1. The van der Waals surface area contributed by atoms with Gasteiger partial charge in [0.1, 0.15) is 11.5 Å². The normalized spacial score (nSPS) is 12.9. The van der Waals surface area contributed by atoms with E-state index in [9.17, 15) is 35.1 Å². The third-order valence-electron chi connectivity index (χ3n) is 2.95. The summed E-state index contributed by atoms with van der Waals surface area (Å²) in [7, 11) is 0. The molecule has 2 aromatic rings. The summed E-state index contributed by atoms with van der Waals surface area (Å²) in [6, 6.07) is 2.29. The first kappa shape index (κ1) is 19.5. The molecule has 142 valence electrons. The Morgan fingerprint density at radius 1 is 1.12 bits per heavy atom. The molecule has 0 bridgehead atoms. The monoisotopic (exact) mass is 388 g/mol. The molecule has 0 fully saturated rings. The molecule has 0 unspecified atom stereocenters. The number of nitrogens with one attached hydrogen (secondary N) is 3. The number of hydrogen-bond donors (Lipinski definition) is 3. The minimum absolute atomic E-state index is 0.352. The molecule has 0 aliphatic rings. The lowest BCUT2D eigenvalue weighted by Gasteiger charge is -2.20. The molecule has 0 amide bonds. The predicted octanol–water partition coefficient (Wildman–Crippen LogP) is 3.24. The molecule has 0 saturated carbocycles. The molecule has 26 heavy (non-hydrogen) atoms. The van der Waals surface area contributed by atoms with Crippen LogP contribution in [0.2, 0.25) is 0 Å². The van der Waals surface area contributed by atoms with Crippen LogP contribution in [0.25, 0.3) is 0 Å². The molecular formula is C12H8F8N6. The average molecular weight is 388 g/mol. The third-order valence-corrected chi connectivity index (χ3v) is 2.95. The van der Waals surface area contributed by atoms with Crippen molar-refractivity contribution >= 4 is 11.5 Å². The van der Waals surface area contributed by atoms with Gasteiger partial charge in [-0.3, -0.25) is 10.5 Å². The lowest BCUT2D eigenvalue weighted by Crippen LogP contribution is -2.42. The number of rotatable bonds is 5. The summed E-state index contributed by atoms with van der Waals surface area (Å²) in [5.41, 5.74) is -1.09. The molecular weight excluding hydrogens is 380 g/mol. The molecule has 0 aliphatic heterocycles. The summed E-state index contributed by atoms with van der Waals surface area (Å²) in [6.07, 6.45) is -9.67. The van der Waals surface area contributed by atoms with Crippen molar-refractivity contribution in [2.45, 2.75) is 18.3 Å². The van der Waals surface area contributed by atoms with Gasteiger partial charge in [0.15, 0.2) is 5.82 Å². The Morgan fingerprint density at radius 2 is 1.77 bits per heavy atom. The van der Waals surface area contributed by atoms with Crippen molar-refractivity contribution < 1.29 is 35.1 Å². The van der Waals surface area contributed by atoms with Crippen LogP contribution in [0.3, 0.4) is 0 Å². The van der Waals surface area contributed by atoms with Gasteiger partial charge in [-0.2, -0.15) is 35.1 Å². The van der Waals surface area contributed by atoms with Gasteiger partial charge in [-0.05, 0) is 12.1 Å². The molecule has 14 heteroatoms. The Hall–Kier alpha value is -2.80. The fourth-order valence-corrected chi connectivity index (χ4v) is 1.67. The maximum Gasteiger partial charge on any atom is 0.455 e. The van der Waals surface area contributed by atoms with Crippen LogP contribution in [0.1, 0.15) is 17.2 Å². The first-order valence-electron chi connectivity index (χ1n) is 6.55. The van der Waals surface area contributed by atoms with Gasteiger partial charge in [-0.25, -0.2) is 9.97 Å². The SMILES string of the molecule is N=C(c1nc(C(F)(F)F)n[nH]1)c1cccnc1NCC(F)(F)C(F)(F)F. The molecule has 0 spiro atoms. The largest absolute Gasteiger partial charge is 0.455 e. The highest BCUT2D eigenvalue weighted by Crippen LogP contribution is 2.35. The van der Waals surface area contributed by atoms with E-state index in [1.165, 1.54) is 6.07 Å². The van der Waals surface area contributed by atoms with Crippen molar-refractivity contribution in [1.82, 2.24) is 20.2 Å². The third kappa shape index (κ3) is 4.05. The summed E-state index contributed by atoms with van der Waals surface area (Å²) in [5.74, 6) is -7.89. The topological polar surface area (TPSA) is 90.3 Å². The highest BCUT2D eigenvalue weighted by molar-refractivity contribution is 6.11. The number of halogens is 8. The van der Waals surface area contributed by atoms with E-state index in [2.05, 4.69) is 15.1 Å². The van der Waals surface area contributed by atoms with Crippen LogP contribution in [-0.4, -0.2) is 44.5 Å². The summed E-state index contributed by atoms with van der Waals surface area (Å²) < 4.78 is 100.0. The summed E-state index contributed by atoms with van der Waals surface area (Å²) in [4.78, 5) is 6.58. The van der Waals surface area contributed by atoms with Gasteiger partial charge < -0.3 is 5.32 Å². The first-order valence-corrected chi connectivity index (χ1v) is 6.55. The zero-order chi connectivity index (χ0) is 19.8. The minimum atomic E-state index is -5.81. The molecule has 0 saturated heterocycles. The number of nitrogens with zero attached hydrogens (tertiary/aromatic N) is 3. The van der Waals surface area contributed by atoms with Crippen LogP contribution in [-0.2, 0) is 6.18 Å². The highest BCUT2D eigenvalue weighted by atomic mass is 19.4. The second-order valence-electron chi connectivity index (χ2n) is 4.84. The highest BCUT2D eigenvalue weighted by Gasteiger charge is 2.57. The van der Waals surface area contributed by atoms with E-state index in [-0.39, 0.29) is 5.56 Å². The van der Waals surface area contributed by atoms with E-state index < -0.39 is 48.0 Å². The Labute approximate surface area is 139 Å². The molecule has 2 heterocycles. The Balaban J connectivity index is 2.26. The lowest BCUT2D eigenvalue weighted by molar-refractivity contribution is -0.275.